The number of hydrogen-bond donors (Lipinski definition) is 3. The van der Waals surface area contributed by atoms with E-state index in [1.807, 2.05) is 24.3 Å². The van der Waals surface area contributed by atoms with Gasteiger partial charge in [-0.3, -0.25) is 9.79 Å². The standard InChI is InChI=1S/C18H20Cl2N4O2.HI/c1-22-18(24-10-13-5-6-14(19)8-16(13)20)23-9-12-3-2-4-15(7-12)26-11-17(21)25;/h2-8H,9-11H2,1H3,(H2,21,25)(H2,22,23,24);1H. The van der Waals surface area contributed by atoms with Crippen LogP contribution in [0.5, 0.6) is 5.75 Å². The van der Waals surface area contributed by atoms with Gasteiger partial charge >= 0.3 is 0 Å². The van der Waals surface area contributed by atoms with Gasteiger partial charge in [-0.2, -0.15) is 0 Å². The molecule has 0 fully saturated rings. The molecule has 0 atom stereocenters. The van der Waals surface area contributed by atoms with Crippen molar-refractivity contribution < 1.29 is 9.53 Å². The van der Waals surface area contributed by atoms with Gasteiger partial charge < -0.3 is 21.1 Å². The van der Waals surface area contributed by atoms with Crippen LogP contribution in [-0.2, 0) is 17.9 Å². The summed E-state index contributed by atoms with van der Waals surface area (Å²) in [5, 5.41) is 7.59. The summed E-state index contributed by atoms with van der Waals surface area (Å²) in [4.78, 5) is 15.0. The molecule has 2 rings (SSSR count). The second kappa shape index (κ2) is 11.9. The van der Waals surface area contributed by atoms with Crippen molar-refractivity contribution in [1.29, 1.82) is 0 Å². The van der Waals surface area contributed by atoms with Gasteiger partial charge in [0.25, 0.3) is 5.91 Å². The first-order chi connectivity index (χ1) is 12.5. The van der Waals surface area contributed by atoms with Crippen molar-refractivity contribution in [2.24, 2.45) is 10.7 Å². The molecule has 0 saturated heterocycles. The number of carbonyl (C=O) groups is 1. The van der Waals surface area contributed by atoms with Crippen LogP contribution >= 0.6 is 47.2 Å². The second-order valence-electron chi connectivity index (χ2n) is 5.42. The first-order valence-electron chi connectivity index (χ1n) is 7.86. The third-order valence-electron chi connectivity index (χ3n) is 3.42. The molecule has 0 unspecified atom stereocenters. The van der Waals surface area contributed by atoms with Crippen LogP contribution in [0.1, 0.15) is 11.1 Å². The molecule has 0 radical (unpaired) electrons. The lowest BCUT2D eigenvalue weighted by atomic mass is 10.2. The molecule has 0 spiro atoms. The SMILES string of the molecule is CN=C(NCc1cccc(OCC(N)=O)c1)NCc1ccc(Cl)cc1Cl.I. The molecule has 4 N–H and O–H groups in total. The Balaban J connectivity index is 0.00000364. The van der Waals surface area contributed by atoms with Crippen LogP contribution in [0.4, 0.5) is 0 Å². The zero-order valence-electron chi connectivity index (χ0n) is 14.7. The Morgan fingerprint density at radius 3 is 2.56 bits per heavy atom. The zero-order chi connectivity index (χ0) is 18.9. The van der Waals surface area contributed by atoms with E-state index in [1.54, 1.807) is 25.2 Å². The molecular formula is C18H21Cl2IN4O2. The van der Waals surface area contributed by atoms with Crippen molar-refractivity contribution in [3.05, 3.63) is 63.6 Å². The van der Waals surface area contributed by atoms with E-state index in [-0.39, 0.29) is 30.6 Å². The summed E-state index contributed by atoms with van der Waals surface area (Å²) < 4.78 is 5.30. The highest BCUT2D eigenvalue weighted by Gasteiger charge is 2.04. The summed E-state index contributed by atoms with van der Waals surface area (Å²) in [5.74, 6) is 0.692. The molecular weight excluding hydrogens is 502 g/mol. The van der Waals surface area contributed by atoms with Crippen molar-refractivity contribution in [1.82, 2.24) is 10.6 Å². The number of rotatable bonds is 7. The maximum atomic E-state index is 10.8. The van der Waals surface area contributed by atoms with Crippen molar-refractivity contribution >= 4 is 59.0 Å². The van der Waals surface area contributed by atoms with Crippen LogP contribution < -0.4 is 21.1 Å². The molecule has 0 aliphatic carbocycles. The molecule has 0 aromatic heterocycles. The Morgan fingerprint density at radius 1 is 1.15 bits per heavy atom. The van der Waals surface area contributed by atoms with Gasteiger partial charge in [-0.1, -0.05) is 41.4 Å². The fourth-order valence-electron chi connectivity index (χ4n) is 2.15. The lowest BCUT2D eigenvalue weighted by molar-refractivity contribution is -0.119. The average molecular weight is 523 g/mol. The van der Waals surface area contributed by atoms with E-state index >= 15 is 0 Å². The number of ether oxygens (including phenoxy) is 1. The Morgan fingerprint density at radius 2 is 1.89 bits per heavy atom. The van der Waals surface area contributed by atoms with E-state index in [0.717, 1.165) is 11.1 Å². The second-order valence-corrected chi connectivity index (χ2v) is 6.26. The summed E-state index contributed by atoms with van der Waals surface area (Å²) in [6.07, 6.45) is 0. The summed E-state index contributed by atoms with van der Waals surface area (Å²) in [6.45, 7) is 0.890. The number of guanidine groups is 1. The van der Waals surface area contributed by atoms with Gasteiger partial charge in [-0.25, -0.2) is 0 Å². The van der Waals surface area contributed by atoms with Crippen LogP contribution in [0.15, 0.2) is 47.5 Å². The van der Waals surface area contributed by atoms with Crippen LogP contribution in [0.2, 0.25) is 10.0 Å². The van der Waals surface area contributed by atoms with Crippen LogP contribution in [-0.4, -0.2) is 25.5 Å². The number of nitrogens with two attached hydrogens (primary N) is 1. The first-order valence-corrected chi connectivity index (χ1v) is 8.62. The summed E-state index contributed by atoms with van der Waals surface area (Å²) in [5.41, 5.74) is 6.97. The van der Waals surface area contributed by atoms with Gasteiger partial charge in [0.2, 0.25) is 0 Å². The Hall–Kier alpha value is -1.71. The molecule has 1 amide bonds. The molecule has 2 aromatic rings. The lowest BCUT2D eigenvalue weighted by Gasteiger charge is -2.13. The van der Waals surface area contributed by atoms with E-state index in [0.29, 0.717) is 34.8 Å². The molecule has 0 aliphatic rings. The van der Waals surface area contributed by atoms with Crippen molar-refractivity contribution in [3.63, 3.8) is 0 Å². The van der Waals surface area contributed by atoms with E-state index < -0.39 is 5.91 Å². The van der Waals surface area contributed by atoms with Crippen molar-refractivity contribution in [2.75, 3.05) is 13.7 Å². The molecule has 0 saturated carbocycles. The van der Waals surface area contributed by atoms with E-state index in [4.69, 9.17) is 33.7 Å². The monoisotopic (exact) mass is 522 g/mol. The molecule has 146 valence electrons. The normalized spacial score (nSPS) is 10.7. The highest BCUT2D eigenvalue weighted by molar-refractivity contribution is 14.0. The van der Waals surface area contributed by atoms with Crippen LogP contribution in [0, 0.1) is 0 Å². The predicted octanol–water partition coefficient (Wildman–Crippen LogP) is 3.34. The van der Waals surface area contributed by atoms with E-state index in [9.17, 15) is 4.79 Å². The van der Waals surface area contributed by atoms with Gasteiger partial charge in [-0.05, 0) is 35.4 Å². The van der Waals surface area contributed by atoms with Gasteiger partial charge in [0.15, 0.2) is 12.6 Å². The Bertz CT molecular complexity index is 803. The molecule has 0 heterocycles. The Kier molecular flexibility index (Phi) is 10.3. The number of nitrogens with one attached hydrogen (secondary N) is 2. The number of nitrogens with zero attached hydrogens (tertiary/aromatic N) is 1. The minimum absolute atomic E-state index is 0. The largest absolute Gasteiger partial charge is 0.484 e. The molecule has 0 aliphatic heterocycles. The van der Waals surface area contributed by atoms with Crippen LogP contribution in [0.25, 0.3) is 0 Å². The summed E-state index contributed by atoms with van der Waals surface area (Å²) >= 11 is 12.1. The maximum absolute atomic E-state index is 10.8. The Labute approximate surface area is 185 Å². The maximum Gasteiger partial charge on any atom is 0.255 e. The minimum Gasteiger partial charge on any atom is -0.484 e. The van der Waals surface area contributed by atoms with Crippen LogP contribution in [0.3, 0.4) is 0 Å². The fraction of sp³-hybridized carbons (Fsp3) is 0.222. The van der Waals surface area contributed by atoms with E-state index in [2.05, 4.69) is 15.6 Å². The van der Waals surface area contributed by atoms with Gasteiger partial charge in [0, 0.05) is 30.2 Å². The van der Waals surface area contributed by atoms with Crippen molar-refractivity contribution in [2.45, 2.75) is 13.1 Å². The quantitative estimate of drug-likeness (QED) is 0.295. The number of amides is 1. The van der Waals surface area contributed by atoms with Crippen molar-refractivity contribution in [3.8, 4) is 5.75 Å². The lowest BCUT2D eigenvalue weighted by Crippen LogP contribution is -2.36. The highest BCUT2D eigenvalue weighted by Crippen LogP contribution is 2.20. The third kappa shape index (κ3) is 8.23. The van der Waals surface area contributed by atoms with Gasteiger partial charge in [0.1, 0.15) is 5.75 Å². The third-order valence-corrected chi connectivity index (χ3v) is 4.01. The van der Waals surface area contributed by atoms with E-state index in [1.165, 1.54) is 0 Å². The number of benzene rings is 2. The number of hydrogen-bond acceptors (Lipinski definition) is 3. The molecule has 9 heteroatoms. The highest BCUT2D eigenvalue weighted by atomic mass is 127. The van der Waals surface area contributed by atoms with Gasteiger partial charge in [0.05, 0.1) is 0 Å². The summed E-state index contributed by atoms with van der Waals surface area (Å²) in [6, 6.07) is 12.7. The summed E-state index contributed by atoms with van der Waals surface area (Å²) in [7, 11) is 1.69. The predicted molar refractivity (Wildman–Crippen MR) is 120 cm³/mol. The number of halogens is 3. The number of carbonyl (C=O) groups excluding carboxylic acids is 1. The zero-order valence-corrected chi connectivity index (χ0v) is 18.5. The smallest absolute Gasteiger partial charge is 0.255 e. The molecule has 6 nitrogen and oxygen atoms in total. The minimum atomic E-state index is -0.515. The topological polar surface area (TPSA) is 88.7 Å². The number of primary amides is 1. The van der Waals surface area contributed by atoms with Gasteiger partial charge in [-0.15, -0.1) is 24.0 Å². The molecule has 2 aromatic carbocycles. The molecule has 27 heavy (non-hydrogen) atoms. The first kappa shape index (κ1) is 23.3. The number of aliphatic imine (C=N–C) groups is 1. The fourth-order valence-corrected chi connectivity index (χ4v) is 2.63. The molecule has 0 bridgehead atoms. The average Bonchev–Trinajstić information content (AvgIpc) is 2.62.